The molecule has 3 N–H and O–H groups in total. The Labute approximate surface area is 103 Å². The van der Waals surface area contributed by atoms with Crippen molar-refractivity contribution in [3.05, 3.63) is 17.0 Å². The number of nitrogens with zero attached hydrogens (tertiary/aromatic N) is 2. The van der Waals surface area contributed by atoms with Crippen molar-refractivity contribution >= 4 is 11.9 Å². The summed E-state index contributed by atoms with van der Waals surface area (Å²) in [6.45, 7) is 3.42. The van der Waals surface area contributed by atoms with Crippen LogP contribution in [0.25, 0.3) is 0 Å². The van der Waals surface area contributed by atoms with E-state index in [-0.39, 0.29) is 13.0 Å². The number of aryl methyl sites for hydroxylation is 2. The van der Waals surface area contributed by atoms with E-state index in [4.69, 9.17) is 5.11 Å². The highest BCUT2D eigenvalue weighted by atomic mass is 16.4. The highest BCUT2D eigenvalue weighted by molar-refractivity contribution is 5.98. The fraction of sp³-hybridized carbons (Fsp3) is 0.545. The third kappa shape index (κ3) is 1.97. The van der Waals surface area contributed by atoms with Crippen molar-refractivity contribution in [1.82, 2.24) is 15.1 Å². The molecule has 7 nitrogen and oxygen atoms in total. The van der Waals surface area contributed by atoms with Crippen molar-refractivity contribution in [3.8, 4) is 0 Å². The average molecular weight is 253 g/mol. The Morgan fingerprint density at radius 1 is 1.44 bits per heavy atom. The van der Waals surface area contributed by atoms with Crippen molar-refractivity contribution in [3.63, 3.8) is 0 Å². The second-order valence-corrected chi connectivity index (χ2v) is 4.51. The molecule has 1 fully saturated rings. The third-order valence-corrected chi connectivity index (χ3v) is 3.17. The Hall–Kier alpha value is -1.89. The summed E-state index contributed by atoms with van der Waals surface area (Å²) >= 11 is 0. The normalized spacial score (nSPS) is 23.4. The van der Waals surface area contributed by atoms with Crippen LogP contribution in [0.2, 0.25) is 0 Å². The van der Waals surface area contributed by atoms with Crippen LogP contribution in [-0.2, 0) is 4.79 Å². The summed E-state index contributed by atoms with van der Waals surface area (Å²) in [5.74, 6) is -1.50. The molecule has 0 bridgehead atoms. The number of amides is 1. The fourth-order valence-electron chi connectivity index (χ4n) is 2.28. The first kappa shape index (κ1) is 12.6. The van der Waals surface area contributed by atoms with Gasteiger partial charge in [-0.3, -0.25) is 9.89 Å². The number of β-amino-alcohol motifs (C(OH)–C–C–N with tert-alkyl or cyclic N) is 1. The van der Waals surface area contributed by atoms with Crippen LogP contribution >= 0.6 is 0 Å². The molecule has 98 valence electrons. The first-order valence-electron chi connectivity index (χ1n) is 5.65. The number of aliphatic hydroxyl groups excluding tert-OH is 1. The summed E-state index contributed by atoms with van der Waals surface area (Å²) in [5, 5.41) is 25.2. The van der Waals surface area contributed by atoms with Crippen LogP contribution in [0.5, 0.6) is 0 Å². The number of carboxylic acids is 1. The van der Waals surface area contributed by atoms with E-state index in [9.17, 15) is 14.7 Å². The summed E-state index contributed by atoms with van der Waals surface area (Å²) in [6.07, 6.45) is -0.723. The van der Waals surface area contributed by atoms with Gasteiger partial charge < -0.3 is 15.1 Å². The Bertz CT molecular complexity index is 477. The molecule has 1 aliphatic rings. The van der Waals surface area contributed by atoms with Crippen molar-refractivity contribution in [2.75, 3.05) is 6.54 Å². The largest absolute Gasteiger partial charge is 0.480 e. The quantitative estimate of drug-likeness (QED) is 0.670. The number of hydrogen-bond acceptors (Lipinski definition) is 4. The molecule has 1 aliphatic heterocycles. The number of carbonyl (C=O) groups excluding carboxylic acids is 1. The molecule has 1 aromatic heterocycles. The number of H-pyrrole nitrogens is 1. The van der Waals surface area contributed by atoms with Gasteiger partial charge in [-0.2, -0.15) is 5.10 Å². The predicted octanol–water partition coefficient (Wildman–Crippen LogP) is -0.313. The number of aromatic nitrogens is 2. The Morgan fingerprint density at radius 2 is 2.11 bits per heavy atom. The number of carboxylic acid groups (broad SMARTS) is 1. The van der Waals surface area contributed by atoms with Crippen LogP contribution in [-0.4, -0.2) is 55.9 Å². The van der Waals surface area contributed by atoms with Gasteiger partial charge in [0.2, 0.25) is 0 Å². The lowest BCUT2D eigenvalue weighted by atomic mass is 10.1. The molecule has 0 unspecified atom stereocenters. The first-order chi connectivity index (χ1) is 8.41. The molecule has 0 aromatic carbocycles. The van der Waals surface area contributed by atoms with Crippen molar-refractivity contribution in [2.45, 2.75) is 32.4 Å². The van der Waals surface area contributed by atoms with Gasteiger partial charge in [0.1, 0.15) is 6.04 Å². The van der Waals surface area contributed by atoms with E-state index in [0.29, 0.717) is 17.0 Å². The summed E-state index contributed by atoms with van der Waals surface area (Å²) in [6, 6.07) is -0.971. The van der Waals surface area contributed by atoms with Gasteiger partial charge in [-0.15, -0.1) is 0 Å². The molecule has 1 saturated heterocycles. The van der Waals surface area contributed by atoms with Crippen molar-refractivity contribution < 1.29 is 19.8 Å². The highest BCUT2D eigenvalue weighted by Gasteiger charge is 2.40. The van der Waals surface area contributed by atoms with Gasteiger partial charge in [0.05, 0.1) is 17.4 Å². The van der Waals surface area contributed by atoms with E-state index < -0.39 is 24.0 Å². The molecule has 18 heavy (non-hydrogen) atoms. The zero-order valence-electron chi connectivity index (χ0n) is 10.2. The standard InChI is InChI=1S/C11H15N3O4/c1-5-9(6(2)13-12-5)10(16)14-4-7(15)3-8(14)11(17)18/h7-8,15H,3-4H2,1-2H3,(H,12,13)(H,17,18)/t7-,8-/m1/s1. The van der Waals surface area contributed by atoms with E-state index in [1.54, 1.807) is 13.8 Å². The van der Waals surface area contributed by atoms with E-state index in [1.807, 2.05) is 0 Å². The maximum absolute atomic E-state index is 12.3. The van der Waals surface area contributed by atoms with Crippen LogP contribution in [0.1, 0.15) is 28.2 Å². The van der Waals surface area contributed by atoms with Crippen molar-refractivity contribution in [2.24, 2.45) is 0 Å². The van der Waals surface area contributed by atoms with E-state index in [0.717, 1.165) is 0 Å². The Kier molecular flexibility index (Phi) is 3.08. The van der Waals surface area contributed by atoms with Gasteiger partial charge in [0, 0.05) is 18.7 Å². The summed E-state index contributed by atoms with van der Waals surface area (Å²) in [4.78, 5) is 24.6. The van der Waals surface area contributed by atoms with E-state index in [1.165, 1.54) is 4.90 Å². The lowest BCUT2D eigenvalue weighted by molar-refractivity contribution is -0.141. The van der Waals surface area contributed by atoms with Gasteiger partial charge >= 0.3 is 5.97 Å². The molecule has 2 rings (SSSR count). The molecule has 0 radical (unpaired) electrons. The number of rotatable bonds is 2. The first-order valence-corrected chi connectivity index (χ1v) is 5.65. The third-order valence-electron chi connectivity index (χ3n) is 3.17. The van der Waals surface area contributed by atoms with Crippen LogP contribution in [0.3, 0.4) is 0 Å². The number of nitrogens with one attached hydrogen (secondary N) is 1. The summed E-state index contributed by atoms with van der Waals surface area (Å²) in [7, 11) is 0. The van der Waals surface area contributed by atoms with Gasteiger partial charge in [-0.1, -0.05) is 0 Å². The molecule has 7 heteroatoms. The number of likely N-dealkylation sites (tertiary alicyclic amines) is 1. The second-order valence-electron chi connectivity index (χ2n) is 4.51. The van der Waals surface area contributed by atoms with Crippen LogP contribution in [0.15, 0.2) is 0 Å². The minimum Gasteiger partial charge on any atom is -0.480 e. The minimum absolute atomic E-state index is 0.0415. The lowest BCUT2D eigenvalue weighted by Gasteiger charge is -2.21. The Balaban J connectivity index is 2.31. The van der Waals surface area contributed by atoms with Gasteiger partial charge in [-0.05, 0) is 13.8 Å². The average Bonchev–Trinajstić information content (AvgIpc) is 2.82. The molecule has 2 heterocycles. The number of aliphatic hydroxyl groups is 1. The van der Waals surface area contributed by atoms with Crippen LogP contribution < -0.4 is 0 Å². The zero-order chi connectivity index (χ0) is 13.4. The maximum Gasteiger partial charge on any atom is 0.326 e. The minimum atomic E-state index is -1.10. The van der Waals surface area contributed by atoms with Crippen molar-refractivity contribution in [1.29, 1.82) is 0 Å². The molecule has 0 spiro atoms. The van der Waals surface area contributed by atoms with Gasteiger partial charge in [0.15, 0.2) is 0 Å². The molecule has 1 aromatic rings. The molecular formula is C11H15N3O4. The molecule has 1 amide bonds. The Morgan fingerprint density at radius 3 is 2.61 bits per heavy atom. The SMILES string of the molecule is Cc1n[nH]c(C)c1C(=O)N1C[C@H](O)C[C@@H]1C(=O)O. The molecular weight excluding hydrogens is 238 g/mol. The smallest absolute Gasteiger partial charge is 0.326 e. The monoisotopic (exact) mass is 253 g/mol. The van der Waals surface area contributed by atoms with E-state index in [2.05, 4.69) is 10.2 Å². The molecule has 2 atom stereocenters. The topological polar surface area (TPSA) is 107 Å². The number of aromatic amines is 1. The van der Waals surface area contributed by atoms with Gasteiger partial charge in [-0.25, -0.2) is 4.79 Å². The number of carbonyl (C=O) groups is 2. The predicted molar refractivity (Wildman–Crippen MR) is 61.1 cm³/mol. The number of aliphatic carboxylic acids is 1. The fourth-order valence-corrected chi connectivity index (χ4v) is 2.28. The zero-order valence-corrected chi connectivity index (χ0v) is 10.2. The van der Waals surface area contributed by atoms with Crippen LogP contribution in [0.4, 0.5) is 0 Å². The van der Waals surface area contributed by atoms with Gasteiger partial charge in [0.25, 0.3) is 5.91 Å². The highest BCUT2D eigenvalue weighted by Crippen LogP contribution is 2.22. The van der Waals surface area contributed by atoms with Crippen LogP contribution in [0, 0.1) is 13.8 Å². The lowest BCUT2D eigenvalue weighted by Crippen LogP contribution is -2.41. The molecule has 0 aliphatic carbocycles. The summed E-state index contributed by atoms with van der Waals surface area (Å²) < 4.78 is 0. The molecule has 0 saturated carbocycles. The second kappa shape index (κ2) is 4.41. The summed E-state index contributed by atoms with van der Waals surface area (Å²) in [5.41, 5.74) is 1.52. The maximum atomic E-state index is 12.3. The number of hydrogen-bond donors (Lipinski definition) is 3. The van der Waals surface area contributed by atoms with E-state index >= 15 is 0 Å².